The minimum atomic E-state index is -0.0790. The Hall–Kier alpha value is -0.120. The van der Waals surface area contributed by atoms with Crippen molar-refractivity contribution < 1.29 is 5.11 Å². The molecule has 3 rings (SSSR count). The molecule has 1 N–H and O–H groups in total. The molecule has 0 amide bonds. The first-order valence-corrected chi connectivity index (χ1v) is 8.33. The Kier molecular flexibility index (Phi) is 4.16. The van der Waals surface area contributed by atoms with E-state index in [1.807, 2.05) is 0 Å². The molecule has 0 spiro atoms. The Morgan fingerprint density at radius 2 is 1.84 bits per heavy atom. The number of hydrogen-bond acceptors (Lipinski definition) is 3. The lowest BCUT2D eigenvalue weighted by atomic mass is 9.81. The summed E-state index contributed by atoms with van der Waals surface area (Å²) in [6.45, 7) is 4.69. The highest BCUT2D eigenvalue weighted by atomic mass is 16.3. The first-order chi connectivity index (χ1) is 9.19. The van der Waals surface area contributed by atoms with Gasteiger partial charge in [0.2, 0.25) is 0 Å². The molecule has 3 fully saturated rings. The van der Waals surface area contributed by atoms with Gasteiger partial charge in [-0.15, -0.1) is 0 Å². The van der Waals surface area contributed by atoms with E-state index in [0.717, 1.165) is 24.4 Å². The molecule has 3 heteroatoms. The SMILES string of the molecule is CCC1CCC(O)C(N2CCC3CCC(C2)N3C)C1. The fourth-order valence-corrected chi connectivity index (χ4v) is 4.61. The van der Waals surface area contributed by atoms with Crippen molar-refractivity contribution in [2.24, 2.45) is 5.92 Å². The second-order valence-electron chi connectivity index (χ2n) is 7.06. The molecule has 1 saturated carbocycles. The van der Waals surface area contributed by atoms with Crippen molar-refractivity contribution in [3.8, 4) is 0 Å². The van der Waals surface area contributed by atoms with Crippen LogP contribution in [0.1, 0.15) is 51.9 Å². The van der Waals surface area contributed by atoms with Crippen LogP contribution in [0.25, 0.3) is 0 Å². The second kappa shape index (κ2) is 5.71. The van der Waals surface area contributed by atoms with Crippen molar-refractivity contribution in [3.05, 3.63) is 0 Å². The summed E-state index contributed by atoms with van der Waals surface area (Å²) in [6.07, 6.45) is 8.72. The minimum absolute atomic E-state index is 0.0790. The molecular weight excluding hydrogens is 236 g/mol. The maximum Gasteiger partial charge on any atom is 0.0695 e. The smallest absolute Gasteiger partial charge is 0.0695 e. The number of aliphatic hydroxyl groups is 1. The minimum Gasteiger partial charge on any atom is -0.391 e. The highest BCUT2D eigenvalue weighted by molar-refractivity contribution is 4.95. The summed E-state index contributed by atoms with van der Waals surface area (Å²) in [5.74, 6) is 0.839. The third-order valence-electron chi connectivity index (χ3n) is 6.12. The van der Waals surface area contributed by atoms with E-state index in [2.05, 4.69) is 23.8 Å². The van der Waals surface area contributed by atoms with Crippen molar-refractivity contribution in [2.75, 3.05) is 20.1 Å². The Balaban J connectivity index is 1.67. The predicted octanol–water partition coefficient (Wildman–Crippen LogP) is 2.09. The van der Waals surface area contributed by atoms with E-state index >= 15 is 0 Å². The quantitative estimate of drug-likeness (QED) is 0.829. The number of nitrogens with zero attached hydrogens (tertiary/aromatic N) is 2. The molecule has 2 aliphatic heterocycles. The molecule has 2 heterocycles. The molecule has 0 aromatic rings. The molecule has 0 aromatic heterocycles. The Morgan fingerprint density at radius 1 is 1.05 bits per heavy atom. The van der Waals surface area contributed by atoms with Gasteiger partial charge >= 0.3 is 0 Å². The highest BCUT2D eigenvalue weighted by Gasteiger charge is 2.39. The largest absolute Gasteiger partial charge is 0.391 e. The summed E-state index contributed by atoms with van der Waals surface area (Å²) in [6, 6.07) is 1.98. The molecule has 5 unspecified atom stereocenters. The van der Waals surface area contributed by atoms with Gasteiger partial charge in [-0.3, -0.25) is 9.80 Å². The topological polar surface area (TPSA) is 26.7 Å². The molecule has 19 heavy (non-hydrogen) atoms. The monoisotopic (exact) mass is 266 g/mol. The van der Waals surface area contributed by atoms with Crippen LogP contribution in [-0.2, 0) is 0 Å². The van der Waals surface area contributed by atoms with Crippen LogP contribution >= 0.6 is 0 Å². The molecule has 2 bridgehead atoms. The average molecular weight is 266 g/mol. The van der Waals surface area contributed by atoms with Crippen molar-refractivity contribution in [1.82, 2.24) is 9.80 Å². The fourth-order valence-electron chi connectivity index (χ4n) is 4.61. The van der Waals surface area contributed by atoms with E-state index in [4.69, 9.17) is 0 Å². The van der Waals surface area contributed by atoms with E-state index in [-0.39, 0.29) is 6.10 Å². The van der Waals surface area contributed by atoms with Gasteiger partial charge in [0, 0.05) is 31.2 Å². The third kappa shape index (κ3) is 2.70. The Bertz CT molecular complexity index is 309. The lowest BCUT2D eigenvalue weighted by molar-refractivity contribution is -0.000796. The van der Waals surface area contributed by atoms with Gasteiger partial charge in [-0.05, 0) is 51.5 Å². The first-order valence-electron chi connectivity index (χ1n) is 8.33. The lowest BCUT2D eigenvalue weighted by Crippen LogP contribution is -2.50. The number of aliphatic hydroxyl groups excluding tert-OH is 1. The summed E-state index contributed by atoms with van der Waals surface area (Å²) >= 11 is 0. The van der Waals surface area contributed by atoms with Gasteiger partial charge in [0.15, 0.2) is 0 Å². The maximum atomic E-state index is 10.4. The van der Waals surface area contributed by atoms with Crippen LogP contribution in [0.4, 0.5) is 0 Å². The molecule has 110 valence electrons. The molecule has 2 saturated heterocycles. The number of fused-ring (bicyclic) bond motifs is 2. The maximum absolute atomic E-state index is 10.4. The molecule has 0 radical (unpaired) electrons. The van der Waals surface area contributed by atoms with E-state index in [9.17, 15) is 5.11 Å². The summed E-state index contributed by atoms with van der Waals surface area (Å²) in [5.41, 5.74) is 0. The van der Waals surface area contributed by atoms with Crippen LogP contribution in [0.5, 0.6) is 0 Å². The van der Waals surface area contributed by atoms with Gasteiger partial charge in [0.25, 0.3) is 0 Å². The Labute approximate surface area is 118 Å². The normalized spacial score (nSPS) is 45.3. The molecule has 0 aromatic carbocycles. The lowest BCUT2D eigenvalue weighted by Gasteiger charge is -2.41. The molecule has 1 aliphatic carbocycles. The van der Waals surface area contributed by atoms with Crippen LogP contribution in [-0.4, -0.2) is 59.3 Å². The summed E-state index contributed by atoms with van der Waals surface area (Å²) < 4.78 is 0. The van der Waals surface area contributed by atoms with Crippen LogP contribution < -0.4 is 0 Å². The zero-order valence-corrected chi connectivity index (χ0v) is 12.6. The number of likely N-dealkylation sites (tertiary alicyclic amines) is 1. The standard InChI is InChI=1S/C16H30N2O/c1-3-12-4-7-16(19)15(10-12)18-9-8-13-5-6-14(11-18)17(13)2/h12-16,19H,3-11H2,1-2H3. The summed E-state index contributed by atoms with van der Waals surface area (Å²) in [5, 5.41) is 10.4. The summed E-state index contributed by atoms with van der Waals surface area (Å²) in [4.78, 5) is 5.24. The zero-order chi connectivity index (χ0) is 13.4. The van der Waals surface area contributed by atoms with Gasteiger partial charge in [-0.2, -0.15) is 0 Å². The average Bonchev–Trinajstić information content (AvgIpc) is 2.65. The van der Waals surface area contributed by atoms with Crippen molar-refractivity contribution in [3.63, 3.8) is 0 Å². The van der Waals surface area contributed by atoms with Gasteiger partial charge in [0.1, 0.15) is 0 Å². The van der Waals surface area contributed by atoms with E-state index < -0.39 is 0 Å². The summed E-state index contributed by atoms with van der Waals surface area (Å²) in [7, 11) is 2.30. The number of likely N-dealkylation sites (N-methyl/N-ethyl adjacent to an activating group) is 1. The third-order valence-corrected chi connectivity index (χ3v) is 6.12. The number of hydrogen-bond donors (Lipinski definition) is 1. The van der Waals surface area contributed by atoms with E-state index in [0.29, 0.717) is 6.04 Å². The molecule has 3 aliphatic rings. The highest BCUT2D eigenvalue weighted by Crippen LogP contribution is 2.34. The van der Waals surface area contributed by atoms with Gasteiger partial charge < -0.3 is 5.11 Å². The Morgan fingerprint density at radius 3 is 2.63 bits per heavy atom. The van der Waals surface area contributed by atoms with Crippen molar-refractivity contribution in [1.29, 1.82) is 0 Å². The predicted molar refractivity (Wildman–Crippen MR) is 78.2 cm³/mol. The number of rotatable bonds is 2. The molecular formula is C16H30N2O. The fraction of sp³-hybridized carbons (Fsp3) is 1.00. The van der Waals surface area contributed by atoms with Crippen LogP contribution in [0.15, 0.2) is 0 Å². The van der Waals surface area contributed by atoms with Gasteiger partial charge in [0.05, 0.1) is 6.10 Å². The van der Waals surface area contributed by atoms with Crippen LogP contribution in [0, 0.1) is 5.92 Å². The van der Waals surface area contributed by atoms with Gasteiger partial charge in [-0.1, -0.05) is 13.3 Å². The van der Waals surface area contributed by atoms with Gasteiger partial charge in [-0.25, -0.2) is 0 Å². The first kappa shape index (κ1) is 13.8. The molecule has 5 atom stereocenters. The van der Waals surface area contributed by atoms with Crippen molar-refractivity contribution >= 4 is 0 Å². The van der Waals surface area contributed by atoms with Crippen LogP contribution in [0.3, 0.4) is 0 Å². The zero-order valence-electron chi connectivity index (χ0n) is 12.6. The van der Waals surface area contributed by atoms with E-state index in [1.54, 1.807) is 0 Å². The second-order valence-corrected chi connectivity index (χ2v) is 7.06. The van der Waals surface area contributed by atoms with Crippen LogP contribution in [0.2, 0.25) is 0 Å². The van der Waals surface area contributed by atoms with Crippen molar-refractivity contribution in [2.45, 2.75) is 76.1 Å². The van der Waals surface area contributed by atoms with E-state index in [1.165, 1.54) is 51.6 Å². The molecule has 3 nitrogen and oxygen atoms in total.